The molecule has 1 aromatic rings. The van der Waals surface area contributed by atoms with Crippen LogP contribution in [-0.4, -0.2) is 31.1 Å². The lowest BCUT2D eigenvalue weighted by molar-refractivity contribution is -0.141. The number of aliphatic carboxylic acids is 1. The molecule has 3 N–H and O–H groups in total. The van der Waals surface area contributed by atoms with Crippen molar-refractivity contribution >= 4 is 21.7 Å². The van der Waals surface area contributed by atoms with E-state index in [1.807, 2.05) is 0 Å². The first-order chi connectivity index (χ1) is 9.60. The molecule has 0 fully saturated rings. The molecule has 0 aliphatic carbocycles. The molecule has 0 heterocycles. The molecule has 118 valence electrons. The van der Waals surface area contributed by atoms with Gasteiger partial charge < -0.3 is 10.4 Å². The molecule has 21 heavy (non-hydrogen) atoms. The molecule has 6 nitrogen and oxygen atoms in total. The van der Waals surface area contributed by atoms with Crippen molar-refractivity contribution in [2.24, 2.45) is 0 Å². The Morgan fingerprint density at radius 2 is 1.81 bits per heavy atom. The molecule has 1 atom stereocenters. The van der Waals surface area contributed by atoms with E-state index >= 15 is 0 Å². The van der Waals surface area contributed by atoms with Gasteiger partial charge in [-0.15, -0.1) is 0 Å². The maximum atomic E-state index is 12.0. The third kappa shape index (κ3) is 4.44. The van der Waals surface area contributed by atoms with Crippen LogP contribution in [0.15, 0.2) is 29.2 Å². The fraction of sp³-hybridized carbons (Fsp3) is 0.500. The van der Waals surface area contributed by atoms with Crippen molar-refractivity contribution in [3.05, 3.63) is 24.3 Å². The summed E-state index contributed by atoms with van der Waals surface area (Å²) >= 11 is 0. The summed E-state index contributed by atoms with van der Waals surface area (Å²) in [7, 11) is -3.54. The van der Waals surface area contributed by atoms with Gasteiger partial charge in [-0.1, -0.05) is 6.92 Å². The number of carboxylic acid groups (broad SMARTS) is 1. The minimum absolute atomic E-state index is 0.148. The summed E-state index contributed by atoms with van der Waals surface area (Å²) in [5.41, 5.74) is -0.526. The molecule has 7 heteroatoms. The number of sulfonamides is 1. The number of hydrogen-bond acceptors (Lipinski definition) is 4. The molecule has 1 aromatic carbocycles. The van der Waals surface area contributed by atoms with Gasteiger partial charge in [-0.2, -0.15) is 0 Å². The van der Waals surface area contributed by atoms with Gasteiger partial charge in [0.1, 0.15) is 5.54 Å². The van der Waals surface area contributed by atoms with Crippen LogP contribution in [0.4, 0.5) is 5.69 Å². The number of carbonyl (C=O) groups is 1. The van der Waals surface area contributed by atoms with Crippen LogP contribution in [0, 0.1) is 0 Å². The Kier molecular flexibility index (Phi) is 5.36. The van der Waals surface area contributed by atoms with Gasteiger partial charge in [-0.3, -0.25) is 0 Å². The lowest BCUT2D eigenvalue weighted by Gasteiger charge is -2.26. The van der Waals surface area contributed by atoms with Gasteiger partial charge in [0.25, 0.3) is 0 Å². The van der Waals surface area contributed by atoms with Gasteiger partial charge in [0, 0.05) is 11.7 Å². The number of benzene rings is 1. The average molecular weight is 314 g/mol. The Labute approximate surface area is 125 Å². The van der Waals surface area contributed by atoms with Gasteiger partial charge in [-0.25, -0.2) is 17.9 Å². The van der Waals surface area contributed by atoms with E-state index in [1.165, 1.54) is 12.1 Å². The van der Waals surface area contributed by atoms with E-state index in [-0.39, 0.29) is 10.9 Å². The Balaban J connectivity index is 2.96. The van der Waals surface area contributed by atoms with Crippen LogP contribution < -0.4 is 10.0 Å². The maximum absolute atomic E-state index is 12.0. The van der Waals surface area contributed by atoms with Crippen LogP contribution in [0.1, 0.15) is 34.1 Å². The standard InChI is InChI=1S/C14H22N2O4S/c1-5-14(4,13(17)18)15-11-6-8-12(9-7-11)21(19,20)16-10(2)3/h6-10,15-16H,5H2,1-4H3,(H,17,18). The second kappa shape index (κ2) is 6.44. The topological polar surface area (TPSA) is 95.5 Å². The van der Waals surface area contributed by atoms with Crippen molar-refractivity contribution in [1.82, 2.24) is 4.72 Å². The van der Waals surface area contributed by atoms with Crippen LogP contribution in [-0.2, 0) is 14.8 Å². The quantitative estimate of drug-likeness (QED) is 0.716. The molecule has 0 saturated carbocycles. The van der Waals surface area contributed by atoms with E-state index in [4.69, 9.17) is 0 Å². The van der Waals surface area contributed by atoms with Gasteiger partial charge in [0.2, 0.25) is 10.0 Å². The summed E-state index contributed by atoms with van der Waals surface area (Å²) in [4.78, 5) is 11.4. The van der Waals surface area contributed by atoms with Gasteiger partial charge >= 0.3 is 5.97 Å². The van der Waals surface area contributed by atoms with E-state index in [0.717, 1.165) is 0 Å². The molecule has 0 amide bonds. The summed E-state index contributed by atoms with van der Waals surface area (Å²) < 4.78 is 26.4. The zero-order chi connectivity index (χ0) is 16.3. The average Bonchev–Trinajstić information content (AvgIpc) is 2.37. The fourth-order valence-corrected chi connectivity index (χ4v) is 2.96. The highest BCUT2D eigenvalue weighted by Crippen LogP contribution is 2.20. The third-order valence-electron chi connectivity index (χ3n) is 3.15. The molecule has 0 aliphatic heterocycles. The lowest BCUT2D eigenvalue weighted by atomic mass is 9.99. The van der Waals surface area contributed by atoms with Crippen molar-refractivity contribution < 1.29 is 18.3 Å². The highest BCUT2D eigenvalue weighted by atomic mass is 32.2. The molecule has 0 saturated heterocycles. The monoisotopic (exact) mass is 314 g/mol. The fourth-order valence-electron chi connectivity index (χ4n) is 1.71. The predicted molar refractivity (Wildman–Crippen MR) is 81.9 cm³/mol. The summed E-state index contributed by atoms with van der Waals surface area (Å²) in [6.45, 7) is 6.84. The van der Waals surface area contributed by atoms with E-state index in [2.05, 4.69) is 10.0 Å². The SMILES string of the molecule is CCC(C)(Nc1ccc(S(=O)(=O)NC(C)C)cc1)C(=O)O. The second-order valence-electron chi connectivity index (χ2n) is 5.42. The molecular formula is C14H22N2O4S. The van der Waals surface area contributed by atoms with Gasteiger partial charge in [0.05, 0.1) is 4.90 Å². The van der Waals surface area contributed by atoms with E-state index in [9.17, 15) is 18.3 Å². The van der Waals surface area contributed by atoms with Crippen molar-refractivity contribution in [2.75, 3.05) is 5.32 Å². The molecule has 1 unspecified atom stereocenters. The molecule has 0 spiro atoms. The molecule has 0 radical (unpaired) electrons. The van der Waals surface area contributed by atoms with E-state index < -0.39 is 21.5 Å². The highest BCUT2D eigenvalue weighted by molar-refractivity contribution is 7.89. The van der Waals surface area contributed by atoms with Crippen LogP contribution in [0.5, 0.6) is 0 Å². The van der Waals surface area contributed by atoms with Crippen molar-refractivity contribution in [2.45, 2.75) is 50.6 Å². The van der Waals surface area contributed by atoms with E-state index in [1.54, 1.807) is 39.8 Å². The minimum atomic E-state index is -3.54. The summed E-state index contributed by atoms with van der Waals surface area (Å²) in [6, 6.07) is 5.83. The Morgan fingerprint density at radius 1 is 1.29 bits per heavy atom. The molecular weight excluding hydrogens is 292 g/mol. The molecule has 0 bridgehead atoms. The minimum Gasteiger partial charge on any atom is -0.480 e. The predicted octanol–water partition coefficient (Wildman–Crippen LogP) is 2.04. The molecule has 0 aliphatic rings. The summed E-state index contributed by atoms with van der Waals surface area (Å²) in [5, 5.41) is 12.1. The number of hydrogen-bond donors (Lipinski definition) is 3. The van der Waals surface area contributed by atoms with Crippen molar-refractivity contribution in [3.8, 4) is 0 Å². The largest absolute Gasteiger partial charge is 0.480 e. The number of carboxylic acids is 1. The smallest absolute Gasteiger partial charge is 0.329 e. The maximum Gasteiger partial charge on any atom is 0.329 e. The molecule has 0 aromatic heterocycles. The molecule has 1 rings (SSSR count). The van der Waals surface area contributed by atoms with Crippen LogP contribution >= 0.6 is 0 Å². The summed E-state index contributed by atoms with van der Waals surface area (Å²) in [6.07, 6.45) is 0.400. The number of rotatable bonds is 7. The third-order valence-corrected chi connectivity index (χ3v) is 4.83. The van der Waals surface area contributed by atoms with Crippen LogP contribution in [0.25, 0.3) is 0 Å². The first-order valence-electron chi connectivity index (χ1n) is 6.74. The van der Waals surface area contributed by atoms with Crippen LogP contribution in [0.2, 0.25) is 0 Å². The Hall–Kier alpha value is -1.60. The Bertz CT molecular complexity index is 596. The van der Waals surface area contributed by atoms with Crippen molar-refractivity contribution in [3.63, 3.8) is 0 Å². The van der Waals surface area contributed by atoms with E-state index in [0.29, 0.717) is 12.1 Å². The normalized spacial score (nSPS) is 14.7. The number of anilines is 1. The zero-order valence-electron chi connectivity index (χ0n) is 12.7. The first kappa shape index (κ1) is 17.5. The first-order valence-corrected chi connectivity index (χ1v) is 8.23. The lowest BCUT2D eigenvalue weighted by Crippen LogP contribution is -2.42. The highest BCUT2D eigenvalue weighted by Gasteiger charge is 2.30. The zero-order valence-corrected chi connectivity index (χ0v) is 13.5. The Morgan fingerprint density at radius 3 is 2.19 bits per heavy atom. The van der Waals surface area contributed by atoms with Gasteiger partial charge in [-0.05, 0) is 51.5 Å². The second-order valence-corrected chi connectivity index (χ2v) is 7.13. The summed E-state index contributed by atoms with van der Waals surface area (Å²) in [5.74, 6) is -0.955. The number of nitrogens with one attached hydrogen (secondary N) is 2. The van der Waals surface area contributed by atoms with Gasteiger partial charge in [0.15, 0.2) is 0 Å². The van der Waals surface area contributed by atoms with Crippen molar-refractivity contribution in [1.29, 1.82) is 0 Å². The van der Waals surface area contributed by atoms with Crippen LogP contribution in [0.3, 0.4) is 0 Å².